The number of thioether (sulfide) groups is 1. The molecule has 1 heterocycles. The first-order chi connectivity index (χ1) is 11.6. The van der Waals surface area contributed by atoms with Crippen LogP contribution in [0.4, 0.5) is 0 Å². The van der Waals surface area contributed by atoms with E-state index in [-0.39, 0.29) is 13.2 Å². The molecule has 0 N–H and O–H groups in total. The van der Waals surface area contributed by atoms with Crippen molar-refractivity contribution in [3.63, 3.8) is 0 Å². The fourth-order valence-electron chi connectivity index (χ4n) is 2.19. The van der Waals surface area contributed by atoms with E-state index >= 15 is 0 Å². The molecule has 0 aliphatic rings. The van der Waals surface area contributed by atoms with Gasteiger partial charge in [-0.3, -0.25) is 9.59 Å². The third-order valence-corrected chi connectivity index (χ3v) is 7.24. The monoisotopic (exact) mass is 391 g/mol. The van der Waals surface area contributed by atoms with Crippen molar-refractivity contribution in [2.45, 2.75) is 57.1 Å². The van der Waals surface area contributed by atoms with Gasteiger partial charge in [-0.2, -0.15) is 0 Å². The molecular weight excluding hydrogens is 364 g/mol. The number of esters is 2. The van der Waals surface area contributed by atoms with Gasteiger partial charge in [-0.25, -0.2) is 0 Å². The predicted molar refractivity (Wildman–Crippen MR) is 102 cm³/mol. The van der Waals surface area contributed by atoms with Gasteiger partial charge in [-0.15, -0.1) is 0 Å². The summed E-state index contributed by atoms with van der Waals surface area (Å²) in [6.45, 7) is 6.22. The standard InChI is InChI=1S/C17H27O4S3/c1-4-20-15(18)14(16(19)21-5-2)10-8-6-7-9-11-22-17-13(3)23-12-24-17/h12,14H,4-11H2,1-3H3/q+1. The fourth-order valence-corrected chi connectivity index (χ4v) is 5.80. The number of ether oxygens (including phenoxy) is 2. The quantitative estimate of drug-likeness (QED) is 0.161. The SMILES string of the molecule is CCOC(=O)C(CCCCCCSc1[s+]csc1C)C(=O)OCC. The molecule has 0 saturated heterocycles. The zero-order valence-electron chi connectivity index (χ0n) is 14.7. The molecule has 0 aliphatic heterocycles. The number of rotatable bonds is 12. The van der Waals surface area contributed by atoms with Gasteiger partial charge in [0.05, 0.1) is 35.9 Å². The normalized spacial score (nSPS) is 10.8. The highest BCUT2D eigenvalue weighted by atomic mass is 32.2. The first-order valence-corrected chi connectivity index (χ1v) is 11.2. The molecule has 0 radical (unpaired) electrons. The Labute approximate surface area is 157 Å². The van der Waals surface area contributed by atoms with Crippen LogP contribution in [0.5, 0.6) is 0 Å². The van der Waals surface area contributed by atoms with E-state index in [9.17, 15) is 9.59 Å². The Bertz CT molecular complexity index is 484. The molecular formula is C17H27O4S3+. The van der Waals surface area contributed by atoms with Crippen molar-refractivity contribution < 1.29 is 19.1 Å². The highest BCUT2D eigenvalue weighted by Crippen LogP contribution is 2.32. The maximum Gasteiger partial charge on any atom is 0.320 e. The van der Waals surface area contributed by atoms with Gasteiger partial charge in [-0.05, 0) is 33.6 Å². The van der Waals surface area contributed by atoms with Gasteiger partial charge >= 0.3 is 11.9 Å². The second kappa shape index (κ2) is 12.7. The Kier molecular flexibility index (Phi) is 11.3. The van der Waals surface area contributed by atoms with Gasteiger partial charge < -0.3 is 9.47 Å². The highest BCUT2D eigenvalue weighted by molar-refractivity contribution is 8.01. The second-order valence-electron chi connectivity index (χ2n) is 5.28. The fraction of sp³-hybridized carbons (Fsp3) is 0.706. The van der Waals surface area contributed by atoms with Crippen molar-refractivity contribution in [2.75, 3.05) is 19.0 Å². The van der Waals surface area contributed by atoms with Gasteiger partial charge in [0.15, 0.2) is 15.0 Å². The first kappa shape index (κ1) is 21.4. The van der Waals surface area contributed by atoms with Crippen LogP contribution < -0.4 is 0 Å². The Morgan fingerprint density at radius 3 is 2.29 bits per heavy atom. The molecule has 24 heavy (non-hydrogen) atoms. The molecule has 7 heteroatoms. The van der Waals surface area contributed by atoms with Crippen molar-refractivity contribution in [2.24, 2.45) is 5.92 Å². The smallest absolute Gasteiger partial charge is 0.320 e. The maximum absolute atomic E-state index is 11.9. The molecule has 0 bridgehead atoms. The summed E-state index contributed by atoms with van der Waals surface area (Å²) in [7, 11) is 0. The molecule has 0 atom stereocenters. The van der Waals surface area contributed by atoms with Gasteiger partial charge in [0, 0.05) is 5.75 Å². The van der Waals surface area contributed by atoms with E-state index in [2.05, 4.69) is 11.6 Å². The molecule has 0 fully saturated rings. The van der Waals surface area contributed by atoms with Crippen LogP contribution in [0.3, 0.4) is 0 Å². The molecule has 0 amide bonds. The summed E-state index contributed by atoms with van der Waals surface area (Å²) < 4.78 is 13.5. The number of unbranched alkanes of at least 4 members (excludes halogenated alkanes) is 3. The lowest BCUT2D eigenvalue weighted by Crippen LogP contribution is -2.28. The summed E-state index contributed by atoms with van der Waals surface area (Å²) >= 11 is 5.54. The van der Waals surface area contributed by atoms with E-state index in [1.165, 1.54) is 9.09 Å². The number of carbonyl (C=O) groups excluding carboxylic acids is 2. The average molecular weight is 392 g/mol. The molecule has 1 aromatic heterocycles. The number of carbonyl (C=O) groups is 2. The largest absolute Gasteiger partial charge is 0.465 e. The lowest BCUT2D eigenvalue weighted by Gasteiger charge is -2.14. The van der Waals surface area contributed by atoms with Crippen molar-refractivity contribution >= 4 is 46.4 Å². The van der Waals surface area contributed by atoms with Crippen LogP contribution in [0.25, 0.3) is 0 Å². The lowest BCUT2D eigenvalue weighted by molar-refractivity contribution is -0.161. The number of hydrogen-bond acceptors (Lipinski definition) is 6. The molecule has 1 rings (SSSR count). The zero-order valence-corrected chi connectivity index (χ0v) is 17.1. The number of aryl methyl sites for hydroxylation is 1. The first-order valence-electron chi connectivity index (χ1n) is 8.42. The van der Waals surface area contributed by atoms with Crippen LogP contribution >= 0.6 is 34.4 Å². The van der Waals surface area contributed by atoms with Crippen molar-refractivity contribution in [3.05, 3.63) is 9.57 Å². The van der Waals surface area contributed by atoms with Crippen molar-refractivity contribution in [1.82, 2.24) is 0 Å². The van der Waals surface area contributed by atoms with E-state index in [1.54, 1.807) is 25.2 Å². The summed E-state index contributed by atoms with van der Waals surface area (Å²) in [5.41, 5.74) is 0. The minimum atomic E-state index is -0.769. The lowest BCUT2D eigenvalue weighted by atomic mass is 10.0. The van der Waals surface area contributed by atoms with Crippen LogP contribution in [-0.2, 0) is 19.1 Å². The second-order valence-corrected chi connectivity index (χ2v) is 8.91. The molecule has 0 saturated carbocycles. The minimum absolute atomic E-state index is 0.287. The summed E-state index contributed by atoms with van der Waals surface area (Å²) in [6.07, 6.45) is 4.63. The van der Waals surface area contributed by atoms with Crippen LogP contribution in [0.15, 0.2) is 8.90 Å². The van der Waals surface area contributed by atoms with E-state index in [4.69, 9.17) is 9.47 Å². The average Bonchev–Trinajstić information content (AvgIpc) is 2.95. The van der Waals surface area contributed by atoms with E-state index < -0.39 is 17.9 Å². The third-order valence-electron chi connectivity index (χ3n) is 3.43. The molecule has 0 unspecified atom stereocenters. The topological polar surface area (TPSA) is 52.6 Å². The van der Waals surface area contributed by atoms with Crippen molar-refractivity contribution in [3.8, 4) is 0 Å². The predicted octanol–water partition coefficient (Wildman–Crippen LogP) is 5.18. The van der Waals surface area contributed by atoms with E-state index in [1.807, 2.05) is 23.1 Å². The van der Waals surface area contributed by atoms with Crippen LogP contribution in [0.1, 0.15) is 50.8 Å². The van der Waals surface area contributed by atoms with Crippen molar-refractivity contribution in [1.29, 1.82) is 0 Å². The Morgan fingerprint density at radius 2 is 1.75 bits per heavy atom. The molecule has 136 valence electrons. The molecule has 4 nitrogen and oxygen atoms in total. The van der Waals surface area contributed by atoms with Gasteiger partial charge in [-0.1, -0.05) is 31.0 Å². The maximum atomic E-state index is 11.9. The zero-order chi connectivity index (χ0) is 17.8. The van der Waals surface area contributed by atoms with E-state index in [0.29, 0.717) is 6.42 Å². The van der Waals surface area contributed by atoms with Crippen LogP contribution in [-0.4, -0.2) is 30.9 Å². The van der Waals surface area contributed by atoms with Crippen LogP contribution in [0, 0.1) is 12.8 Å². The number of hydrogen-bond donors (Lipinski definition) is 0. The summed E-state index contributed by atoms with van der Waals surface area (Å²) in [5.74, 6) is -0.566. The molecule has 1 aromatic rings. The Morgan fingerprint density at radius 1 is 1.12 bits per heavy atom. The summed E-state index contributed by atoms with van der Waals surface area (Å²) in [5, 5.41) is 0. The Balaban J connectivity index is 2.20. The summed E-state index contributed by atoms with van der Waals surface area (Å²) in [6, 6.07) is 0. The van der Waals surface area contributed by atoms with Crippen LogP contribution in [0.2, 0.25) is 0 Å². The van der Waals surface area contributed by atoms with E-state index in [0.717, 1.165) is 31.4 Å². The minimum Gasteiger partial charge on any atom is -0.465 e. The van der Waals surface area contributed by atoms with Gasteiger partial charge in [0.25, 0.3) is 0 Å². The van der Waals surface area contributed by atoms with Gasteiger partial charge in [0.1, 0.15) is 0 Å². The van der Waals surface area contributed by atoms with Gasteiger partial charge in [0.2, 0.25) is 4.69 Å². The Hall–Kier alpha value is -0.660. The molecule has 0 aromatic carbocycles. The highest BCUT2D eigenvalue weighted by Gasteiger charge is 2.28. The molecule has 0 spiro atoms. The summed E-state index contributed by atoms with van der Waals surface area (Å²) in [4.78, 5) is 25.1. The molecule has 0 aliphatic carbocycles. The third kappa shape index (κ3) is 7.94.